The number of fused-ring (bicyclic) bond motifs is 1. The van der Waals surface area contributed by atoms with Crippen LogP contribution in [0.25, 0.3) is 33.4 Å². The molecule has 0 aliphatic rings. The van der Waals surface area contributed by atoms with Crippen molar-refractivity contribution in [3.05, 3.63) is 55.0 Å². The van der Waals surface area contributed by atoms with Gasteiger partial charge < -0.3 is 9.84 Å². The number of aromatic nitrogens is 4. The van der Waals surface area contributed by atoms with Gasteiger partial charge in [0.05, 0.1) is 18.3 Å². The molecule has 0 saturated heterocycles. The van der Waals surface area contributed by atoms with Crippen molar-refractivity contribution in [2.45, 2.75) is 0 Å². The zero-order chi connectivity index (χ0) is 17.4. The minimum absolute atomic E-state index is 0.0501. The maximum absolute atomic E-state index is 10.0. The Kier molecular flexibility index (Phi) is 3.57. The predicted octanol–water partition coefficient (Wildman–Crippen LogP) is 3.41. The Morgan fingerprint density at radius 2 is 1.84 bits per heavy atom. The lowest BCUT2D eigenvalue weighted by Gasteiger charge is -2.09. The molecule has 1 N–H and O–H groups in total. The molecule has 0 bridgehead atoms. The molecule has 0 aliphatic carbocycles. The number of aryl methyl sites for hydroxylation is 1. The van der Waals surface area contributed by atoms with E-state index < -0.39 is 0 Å². The highest BCUT2D eigenvalue weighted by Gasteiger charge is 2.17. The molecule has 2 aromatic carbocycles. The molecule has 2 heterocycles. The SMILES string of the molecule is COc1cc2c(-c3cn(C)nc3-c3ccccc3)ncnc2cc1O. The summed E-state index contributed by atoms with van der Waals surface area (Å²) in [5, 5.41) is 15.4. The summed E-state index contributed by atoms with van der Waals surface area (Å²) >= 11 is 0. The minimum Gasteiger partial charge on any atom is -0.504 e. The van der Waals surface area contributed by atoms with Crippen LogP contribution < -0.4 is 4.74 Å². The van der Waals surface area contributed by atoms with Gasteiger partial charge in [0.15, 0.2) is 11.5 Å². The van der Waals surface area contributed by atoms with E-state index in [-0.39, 0.29) is 5.75 Å². The van der Waals surface area contributed by atoms with Crippen molar-refractivity contribution in [1.29, 1.82) is 0 Å². The molecule has 124 valence electrons. The van der Waals surface area contributed by atoms with E-state index in [1.807, 2.05) is 43.6 Å². The van der Waals surface area contributed by atoms with Gasteiger partial charge in [-0.3, -0.25) is 4.68 Å². The lowest BCUT2D eigenvalue weighted by molar-refractivity contribution is 0.374. The molecule has 2 aromatic heterocycles. The summed E-state index contributed by atoms with van der Waals surface area (Å²) in [5.74, 6) is 0.433. The van der Waals surface area contributed by atoms with Crippen LogP contribution >= 0.6 is 0 Å². The molecule has 0 spiro atoms. The van der Waals surface area contributed by atoms with E-state index in [1.165, 1.54) is 13.4 Å². The van der Waals surface area contributed by atoms with Crippen molar-refractivity contribution in [3.63, 3.8) is 0 Å². The number of rotatable bonds is 3. The fraction of sp³-hybridized carbons (Fsp3) is 0.105. The van der Waals surface area contributed by atoms with Crippen LogP contribution in [-0.2, 0) is 7.05 Å². The molecule has 0 amide bonds. The first-order valence-electron chi connectivity index (χ1n) is 7.78. The van der Waals surface area contributed by atoms with Gasteiger partial charge in [0.2, 0.25) is 0 Å². The number of nitrogens with zero attached hydrogens (tertiary/aromatic N) is 4. The Morgan fingerprint density at radius 3 is 2.60 bits per heavy atom. The highest BCUT2D eigenvalue weighted by molar-refractivity contribution is 5.97. The number of hydrogen-bond donors (Lipinski definition) is 1. The number of ether oxygens (including phenoxy) is 1. The van der Waals surface area contributed by atoms with Crippen LogP contribution in [0.4, 0.5) is 0 Å². The van der Waals surface area contributed by atoms with Gasteiger partial charge in [-0.1, -0.05) is 30.3 Å². The van der Waals surface area contributed by atoms with E-state index in [9.17, 15) is 5.11 Å². The smallest absolute Gasteiger partial charge is 0.161 e. The van der Waals surface area contributed by atoms with Gasteiger partial charge in [-0.2, -0.15) is 5.10 Å². The van der Waals surface area contributed by atoms with Gasteiger partial charge in [0, 0.05) is 35.8 Å². The molecule has 6 heteroatoms. The van der Waals surface area contributed by atoms with Gasteiger partial charge in [0.1, 0.15) is 12.0 Å². The molecule has 0 unspecified atom stereocenters. The van der Waals surface area contributed by atoms with E-state index >= 15 is 0 Å². The quantitative estimate of drug-likeness (QED) is 0.622. The average molecular weight is 332 g/mol. The highest BCUT2D eigenvalue weighted by atomic mass is 16.5. The molecule has 0 aliphatic heterocycles. The number of phenolic OH excluding ortho intramolecular Hbond substituents is 1. The molecule has 0 radical (unpaired) electrons. The van der Waals surface area contributed by atoms with Crippen LogP contribution in [0.5, 0.6) is 11.5 Å². The zero-order valence-electron chi connectivity index (χ0n) is 13.8. The normalized spacial score (nSPS) is 11.0. The van der Waals surface area contributed by atoms with Gasteiger partial charge >= 0.3 is 0 Å². The molecule has 25 heavy (non-hydrogen) atoms. The fourth-order valence-electron chi connectivity index (χ4n) is 2.92. The van der Waals surface area contributed by atoms with E-state index in [0.717, 1.165) is 27.9 Å². The molecular formula is C19H16N4O2. The van der Waals surface area contributed by atoms with Gasteiger partial charge in [-0.15, -0.1) is 0 Å². The molecule has 0 fully saturated rings. The van der Waals surface area contributed by atoms with Crippen LogP contribution in [0, 0.1) is 0 Å². The third kappa shape index (κ3) is 2.57. The second-order valence-corrected chi connectivity index (χ2v) is 5.69. The fourth-order valence-corrected chi connectivity index (χ4v) is 2.92. The van der Waals surface area contributed by atoms with Crippen LogP contribution in [0.15, 0.2) is 55.0 Å². The largest absolute Gasteiger partial charge is 0.504 e. The maximum atomic E-state index is 10.0. The summed E-state index contributed by atoms with van der Waals surface area (Å²) in [5.41, 5.74) is 4.14. The molecule has 6 nitrogen and oxygen atoms in total. The summed E-state index contributed by atoms with van der Waals surface area (Å²) in [7, 11) is 3.40. The molecular weight excluding hydrogens is 316 g/mol. The number of aromatic hydroxyl groups is 1. The number of phenols is 1. The summed E-state index contributed by atoms with van der Waals surface area (Å²) in [6, 6.07) is 13.3. The van der Waals surface area contributed by atoms with Crippen molar-refractivity contribution < 1.29 is 9.84 Å². The topological polar surface area (TPSA) is 73.1 Å². The Morgan fingerprint density at radius 1 is 1.04 bits per heavy atom. The average Bonchev–Trinajstić information content (AvgIpc) is 3.03. The summed E-state index contributed by atoms with van der Waals surface area (Å²) < 4.78 is 7.00. The maximum Gasteiger partial charge on any atom is 0.161 e. The Balaban J connectivity index is 2.00. The third-order valence-electron chi connectivity index (χ3n) is 4.07. The Labute approximate surface area is 144 Å². The zero-order valence-corrected chi connectivity index (χ0v) is 13.8. The van der Waals surface area contributed by atoms with E-state index in [1.54, 1.807) is 16.8 Å². The lowest BCUT2D eigenvalue weighted by Crippen LogP contribution is -1.92. The summed E-state index contributed by atoms with van der Waals surface area (Å²) in [4.78, 5) is 8.74. The van der Waals surface area contributed by atoms with Crippen LogP contribution in [-0.4, -0.2) is 32.0 Å². The van der Waals surface area contributed by atoms with Gasteiger partial charge in [-0.25, -0.2) is 9.97 Å². The second-order valence-electron chi connectivity index (χ2n) is 5.69. The highest BCUT2D eigenvalue weighted by Crippen LogP contribution is 2.37. The monoisotopic (exact) mass is 332 g/mol. The van der Waals surface area contributed by atoms with Gasteiger partial charge in [-0.05, 0) is 6.07 Å². The first kappa shape index (κ1) is 15.1. The Hall–Kier alpha value is -3.41. The molecule has 0 saturated carbocycles. The number of methoxy groups -OCH3 is 1. The predicted molar refractivity (Wildman–Crippen MR) is 95.4 cm³/mol. The van der Waals surface area contributed by atoms with Crippen molar-refractivity contribution >= 4 is 10.9 Å². The molecule has 0 atom stereocenters. The first-order chi connectivity index (χ1) is 12.2. The van der Waals surface area contributed by atoms with E-state index in [4.69, 9.17) is 4.74 Å². The molecule has 4 rings (SSSR count). The number of hydrogen-bond acceptors (Lipinski definition) is 5. The van der Waals surface area contributed by atoms with Crippen molar-refractivity contribution in [1.82, 2.24) is 19.7 Å². The van der Waals surface area contributed by atoms with Crippen LogP contribution in [0.3, 0.4) is 0 Å². The van der Waals surface area contributed by atoms with Crippen molar-refractivity contribution in [2.75, 3.05) is 7.11 Å². The summed E-state index contributed by atoms with van der Waals surface area (Å²) in [6.45, 7) is 0. The van der Waals surface area contributed by atoms with Crippen LogP contribution in [0.1, 0.15) is 0 Å². The van der Waals surface area contributed by atoms with E-state index in [2.05, 4.69) is 15.1 Å². The standard InChI is InChI=1S/C19H16N4O2/c1-23-10-14(18(22-23)12-6-4-3-5-7-12)19-13-8-17(25-2)16(24)9-15(13)20-11-21-19/h3-11,24H,1-2H3. The first-order valence-corrected chi connectivity index (χ1v) is 7.78. The lowest BCUT2D eigenvalue weighted by atomic mass is 10.0. The van der Waals surface area contributed by atoms with Crippen molar-refractivity contribution in [2.24, 2.45) is 7.05 Å². The van der Waals surface area contributed by atoms with Crippen molar-refractivity contribution in [3.8, 4) is 34.0 Å². The number of benzene rings is 2. The molecule has 4 aromatic rings. The third-order valence-corrected chi connectivity index (χ3v) is 4.07. The Bertz CT molecular complexity index is 1060. The minimum atomic E-state index is 0.0501. The summed E-state index contributed by atoms with van der Waals surface area (Å²) in [6.07, 6.45) is 3.43. The van der Waals surface area contributed by atoms with E-state index in [0.29, 0.717) is 11.3 Å². The van der Waals surface area contributed by atoms with Crippen LogP contribution in [0.2, 0.25) is 0 Å². The second kappa shape index (κ2) is 5.90. The van der Waals surface area contributed by atoms with Gasteiger partial charge in [0.25, 0.3) is 0 Å².